The number of aryl methyl sites for hydroxylation is 2. The van der Waals surface area contributed by atoms with Crippen molar-refractivity contribution in [2.24, 2.45) is 0 Å². The average Bonchev–Trinajstić information content (AvgIpc) is 3.06. The molecular formula is C20H21FN4O3S. The molecule has 9 heteroatoms. The highest BCUT2D eigenvalue weighted by atomic mass is 32.2. The maximum absolute atomic E-state index is 15.1. The van der Waals surface area contributed by atoms with Gasteiger partial charge >= 0.3 is 0 Å². The summed E-state index contributed by atoms with van der Waals surface area (Å²) in [6.07, 6.45) is 0.459. The van der Waals surface area contributed by atoms with Gasteiger partial charge in [0.05, 0.1) is 17.0 Å². The summed E-state index contributed by atoms with van der Waals surface area (Å²) in [5, 5.41) is 7.38. The lowest BCUT2D eigenvalue weighted by Crippen LogP contribution is -2.37. The van der Waals surface area contributed by atoms with Gasteiger partial charge in [0.1, 0.15) is 10.7 Å². The first-order valence-corrected chi connectivity index (χ1v) is 10.7. The fourth-order valence-corrected chi connectivity index (χ4v) is 5.54. The fraction of sp³-hybridized carbons (Fsp3) is 0.300. The highest BCUT2D eigenvalue weighted by Crippen LogP contribution is 2.31. The van der Waals surface area contributed by atoms with Crippen LogP contribution in [0.1, 0.15) is 29.8 Å². The fourth-order valence-electron chi connectivity index (χ4n) is 3.77. The van der Waals surface area contributed by atoms with E-state index in [2.05, 4.69) is 15.2 Å². The number of nitrogens with zero attached hydrogens (tertiary/aromatic N) is 2. The molecule has 0 unspecified atom stereocenters. The predicted octanol–water partition coefficient (Wildman–Crippen LogP) is 3.03. The Morgan fingerprint density at radius 3 is 2.52 bits per heavy atom. The van der Waals surface area contributed by atoms with Gasteiger partial charge in [-0.25, -0.2) is 12.8 Å². The molecule has 2 N–H and O–H groups in total. The van der Waals surface area contributed by atoms with E-state index in [9.17, 15) is 13.2 Å². The van der Waals surface area contributed by atoms with Gasteiger partial charge in [-0.1, -0.05) is 18.2 Å². The molecule has 4 rings (SSSR count). The van der Waals surface area contributed by atoms with Crippen LogP contribution in [0.2, 0.25) is 0 Å². The molecule has 0 amide bonds. The number of benzene rings is 1. The number of rotatable bonds is 3. The summed E-state index contributed by atoms with van der Waals surface area (Å²) in [5.74, 6) is -0.565. The Morgan fingerprint density at radius 2 is 1.86 bits per heavy atom. The minimum absolute atomic E-state index is 0.0171. The first kappa shape index (κ1) is 19.5. The lowest BCUT2D eigenvalue weighted by Gasteiger charge is -2.28. The van der Waals surface area contributed by atoms with Crippen LogP contribution in [0, 0.1) is 13.8 Å². The van der Waals surface area contributed by atoms with Crippen LogP contribution in [0.3, 0.4) is 0 Å². The molecule has 0 bridgehead atoms. The van der Waals surface area contributed by atoms with Crippen LogP contribution in [0.25, 0.3) is 16.7 Å². The van der Waals surface area contributed by atoms with Crippen molar-refractivity contribution in [1.29, 1.82) is 0 Å². The summed E-state index contributed by atoms with van der Waals surface area (Å²) < 4.78 is 42.3. The van der Waals surface area contributed by atoms with Gasteiger partial charge in [0.25, 0.3) is 5.56 Å². The van der Waals surface area contributed by atoms with Gasteiger partial charge in [0.15, 0.2) is 0 Å². The second kappa shape index (κ2) is 7.23. The number of halogens is 1. The molecule has 0 atom stereocenters. The summed E-state index contributed by atoms with van der Waals surface area (Å²) in [6.45, 7) is 3.60. The first-order valence-electron chi connectivity index (χ1n) is 9.30. The minimum atomic E-state index is -3.70. The van der Waals surface area contributed by atoms with E-state index in [-0.39, 0.29) is 36.4 Å². The molecule has 152 valence electrons. The molecule has 0 radical (unpaired) electrons. The Balaban J connectivity index is 1.62. The average molecular weight is 416 g/mol. The summed E-state index contributed by atoms with van der Waals surface area (Å²) in [5.41, 5.74) is 1.49. The highest BCUT2D eigenvalue weighted by molar-refractivity contribution is 7.89. The van der Waals surface area contributed by atoms with Gasteiger partial charge < -0.3 is 4.98 Å². The summed E-state index contributed by atoms with van der Waals surface area (Å²) in [7, 11) is -3.70. The number of hydrogen-bond donors (Lipinski definition) is 2. The van der Waals surface area contributed by atoms with Crippen molar-refractivity contribution in [2.45, 2.75) is 31.6 Å². The Labute approximate surface area is 167 Å². The van der Waals surface area contributed by atoms with Crippen molar-refractivity contribution in [3.63, 3.8) is 0 Å². The van der Waals surface area contributed by atoms with Crippen LogP contribution in [-0.4, -0.2) is 41.0 Å². The molecule has 2 aromatic heterocycles. The molecule has 0 saturated carbocycles. The number of hydrogen-bond acceptors (Lipinski definition) is 4. The Hall–Kier alpha value is -2.78. The largest absolute Gasteiger partial charge is 0.321 e. The third-order valence-corrected chi connectivity index (χ3v) is 7.45. The lowest BCUT2D eigenvalue weighted by atomic mass is 10.0. The summed E-state index contributed by atoms with van der Waals surface area (Å²) in [6, 6.07) is 8.72. The zero-order chi connectivity index (χ0) is 20.8. The number of aromatic nitrogens is 3. The van der Waals surface area contributed by atoms with E-state index < -0.39 is 21.4 Å². The van der Waals surface area contributed by atoms with Gasteiger partial charge in [0.2, 0.25) is 10.0 Å². The van der Waals surface area contributed by atoms with Crippen molar-refractivity contribution in [1.82, 2.24) is 19.5 Å². The maximum Gasteiger partial charge on any atom is 0.258 e. The maximum atomic E-state index is 15.1. The van der Waals surface area contributed by atoms with E-state index in [1.54, 1.807) is 32.0 Å². The Morgan fingerprint density at radius 1 is 1.17 bits per heavy atom. The predicted molar refractivity (Wildman–Crippen MR) is 109 cm³/mol. The number of piperidine rings is 1. The van der Waals surface area contributed by atoms with Crippen LogP contribution < -0.4 is 5.56 Å². The van der Waals surface area contributed by atoms with Gasteiger partial charge in [-0.15, -0.1) is 0 Å². The third kappa shape index (κ3) is 3.40. The lowest BCUT2D eigenvalue weighted by molar-refractivity contribution is 0.384. The van der Waals surface area contributed by atoms with E-state index in [4.69, 9.17) is 0 Å². The van der Waals surface area contributed by atoms with Crippen molar-refractivity contribution >= 4 is 26.8 Å². The van der Waals surface area contributed by atoms with Crippen molar-refractivity contribution in [2.75, 3.05) is 13.1 Å². The van der Waals surface area contributed by atoms with E-state index in [0.29, 0.717) is 22.5 Å². The number of H-pyrrole nitrogens is 2. The van der Waals surface area contributed by atoms with Crippen LogP contribution >= 0.6 is 0 Å². The van der Waals surface area contributed by atoms with Gasteiger partial charge in [-0.3, -0.25) is 9.89 Å². The zero-order valence-corrected chi connectivity index (χ0v) is 16.9. The topological polar surface area (TPSA) is 98.9 Å². The number of nitrogens with one attached hydrogen (secondary N) is 2. The number of fused-ring (bicyclic) bond motifs is 1. The second-order valence-corrected chi connectivity index (χ2v) is 9.06. The molecule has 1 fully saturated rings. The number of sulfonamides is 1. The van der Waals surface area contributed by atoms with Crippen LogP contribution in [0.15, 0.2) is 45.6 Å². The molecule has 7 nitrogen and oxygen atoms in total. The molecular weight excluding hydrogens is 395 g/mol. The second-order valence-electron chi connectivity index (χ2n) is 7.18. The molecule has 1 aliphatic rings. The van der Waals surface area contributed by atoms with E-state index in [1.165, 1.54) is 10.4 Å². The summed E-state index contributed by atoms with van der Waals surface area (Å²) in [4.78, 5) is 15.2. The van der Waals surface area contributed by atoms with Crippen LogP contribution in [0.4, 0.5) is 4.39 Å². The molecule has 1 aliphatic heterocycles. The molecule has 29 heavy (non-hydrogen) atoms. The number of aromatic amines is 2. The molecule has 1 aromatic carbocycles. The number of para-hydroxylation sites is 1. The monoisotopic (exact) mass is 416 g/mol. The van der Waals surface area contributed by atoms with E-state index in [0.717, 1.165) is 5.39 Å². The number of pyridine rings is 1. The van der Waals surface area contributed by atoms with Crippen molar-refractivity contribution in [3.05, 3.63) is 63.2 Å². The quantitative estimate of drug-likeness (QED) is 0.686. The highest BCUT2D eigenvalue weighted by Gasteiger charge is 2.32. The molecule has 3 aromatic rings. The third-order valence-electron chi connectivity index (χ3n) is 5.28. The normalized spacial score (nSPS) is 15.8. The minimum Gasteiger partial charge on any atom is -0.321 e. The Bertz CT molecular complexity index is 1260. The van der Waals surface area contributed by atoms with Crippen LogP contribution in [0.5, 0.6) is 0 Å². The summed E-state index contributed by atoms with van der Waals surface area (Å²) >= 11 is 0. The van der Waals surface area contributed by atoms with Crippen LogP contribution in [-0.2, 0) is 10.0 Å². The zero-order valence-electron chi connectivity index (χ0n) is 16.1. The standard InChI is InChI=1S/C20H21FN4O3S/c1-12-19(13(2)24-23-12)29(27,28)25-9-7-14(8-10-25)18(21)16-11-15-5-3-4-6-17(15)22-20(16)26/h3-6,11H,7-10H2,1-2H3,(H,22,26)(H,23,24). The smallest absolute Gasteiger partial charge is 0.258 e. The SMILES string of the molecule is Cc1n[nH]c(C)c1S(=O)(=O)N1CCC(=C(F)c2cc3ccccc3[nH]c2=O)CC1. The van der Waals surface area contributed by atoms with Gasteiger partial charge in [-0.05, 0) is 49.8 Å². The van der Waals surface area contributed by atoms with Gasteiger partial charge in [0, 0.05) is 18.6 Å². The molecule has 0 spiro atoms. The van der Waals surface area contributed by atoms with E-state index in [1.807, 2.05) is 6.07 Å². The first-order chi connectivity index (χ1) is 13.8. The molecule has 1 saturated heterocycles. The van der Waals surface area contributed by atoms with E-state index >= 15 is 4.39 Å². The molecule has 3 heterocycles. The molecule has 0 aliphatic carbocycles. The van der Waals surface area contributed by atoms with Gasteiger partial charge in [-0.2, -0.15) is 9.40 Å². The Kier molecular flexibility index (Phi) is 4.87. The van der Waals surface area contributed by atoms with Crippen molar-refractivity contribution < 1.29 is 12.8 Å². The van der Waals surface area contributed by atoms with Crippen molar-refractivity contribution in [3.8, 4) is 0 Å².